The van der Waals surface area contributed by atoms with Gasteiger partial charge >= 0.3 is 0 Å². The first kappa shape index (κ1) is 12.7. The first-order chi connectivity index (χ1) is 9.61. The van der Waals surface area contributed by atoms with Crippen LogP contribution in [0.3, 0.4) is 0 Å². The second kappa shape index (κ2) is 4.64. The largest absolute Gasteiger partial charge is 0.309 e. The van der Waals surface area contributed by atoms with Crippen LogP contribution in [0.5, 0.6) is 0 Å². The molecule has 1 aliphatic carbocycles. The van der Waals surface area contributed by atoms with Gasteiger partial charge in [0, 0.05) is 17.3 Å². The van der Waals surface area contributed by atoms with Gasteiger partial charge in [-0.1, -0.05) is 29.8 Å². The van der Waals surface area contributed by atoms with E-state index in [-0.39, 0.29) is 11.1 Å². The van der Waals surface area contributed by atoms with Gasteiger partial charge < -0.3 is 4.57 Å². The molecule has 0 radical (unpaired) electrons. The Kier molecular flexibility index (Phi) is 2.94. The van der Waals surface area contributed by atoms with Gasteiger partial charge in [-0.05, 0) is 38.3 Å². The van der Waals surface area contributed by atoms with Crippen molar-refractivity contribution < 1.29 is 0 Å². The van der Waals surface area contributed by atoms with Gasteiger partial charge in [0.05, 0.1) is 0 Å². The summed E-state index contributed by atoms with van der Waals surface area (Å²) in [6.45, 7) is 3.96. The summed E-state index contributed by atoms with van der Waals surface area (Å²) in [6.07, 6.45) is 2.07. The third kappa shape index (κ3) is 2.04. The number of pyridine rings is 1. The fraction of sp³-hybridized carbons (Fsp3) is 0.294. The van der Waals surface area contributed by atoms with Crippen LogP contribution in [0, 0.1) is 25.2 Å². The van der Waals surface area contributed by atoms with Crippen molar-refractivity contribution in [2.45, 2.75) is 32.7 Å². The number of aromatic nitrogens is 1. The van der Waals surface area contributed by atoms with E-state index in [1.54, 1.807) is 4.57 Å². The third-order valence-electron chi connectivity index (χ3n) is 3.82. The summed E-state index contributed by atoms with van der Waals surface area (Å²) in [4.78, 5) is 12.5. The van der Waals surface area contributed by atoms with Gasteiger partial charge in [0.15, 0.2) is 0 Å². The third-order valence-corrected chi connectivity index (χ3v) is 3.82. The van der Waals surface area contributed by atoms with Gasteiger partial charge in [-0.25, -0.2) is 0 Å². The van der Waals surface area contributed by atoms with Gasteiger partial charge in [-0.2, -0.15) is 5.26 Å². The molecule has 0 atom stereocenters. The molecule has 2 aromatic rings. The molecule has 0 N–H and O–H groups in total. The number of nitriles is 1. The minimum Gasteiger partial charge on any atom is -0.309 e. The molecule has 0 aliphatic heterocycles. The number of nitrogens with zero attached hydrogens (tertiary/aromatic N) is 2. The molecule has 3 rings (SSSR count). The molecular formula is C17H16N2O. The molecule has 0 spiro atoms. The Morgan fingerprint density at radius 3 is 2.40 bits per heavy atom. The van der Waals surface area contributed by atoms with E-state index in [1.165, 1.54) is 0 Å². The second-order valence-electron chi connectivity index (χ2n) is 5.46. The lowest BCUT2D eigenvalue weighted by Gasteiger charge is -2.13. The van der Waals surface area contributed by atoms with E-state index in [0.29, 0.717) is 6.04 Å². The van der Waals surface area contributed by atoms with Crippen LogP contribution in [0.25, 0.3) is 11.1 Å². The number of hydrogen-bond acceptors (Lipinski definition) is 2. The molecule has 1 aliphatic rings. The average molecular weight is 264 g/mol. The SMILES string of the molecule is Cc1ccc(-c2cc(C)n(C3CC3)c(=O)c2C#N)cc1. The Morgan fingerprint density at radius 2 is 1.85 bits per heavy atom. The normalized spacial score (nSPS) is 14.1. The Labute approximate surface area is 118 Å². The molecule has 20 heavy (non-hydrogen) atoms. The summed E-state index contributed by atoms with van der Waals surface area (Å²) >= 11 is 0. The second-order valence-corrected chi connectivity index (χ2v) is 5.46. The lowest BCUT2D eigenvalue weighted by atomic mass is 10.00. The zero-order chi connectivity index (χ0) is 14.3. The molecule has 1 saturated carbocycles. The average Bonchev–Trinajstić information content (AvgIpc) is 3.24. The van der Waals surface area contributed by atoms with E-state index in [9.17, 15) is 10.1 Å². The molecule has 0 unspecified atom stereocenters. The number of hydrogen-bond donors (Lipinski definition) is 0. The maximum atomic E-state index is 12.5. The van der Waals surface area contributed by atoms with Crippen LogP contribution < -0.4 is 5.56 Å². The minimum atomic E-state index is -0.148. The summed E-state index contributed by atoms with van der Waals surface area (Å²) in [6, 6.07) is 12.3. The Morgan fingerprint density at radius 1 is 1.20 bits per heavy atom. The highest BCUT2D eigenvalue weighted by atomic mass is 16.1. The fourth-order valence-corrected chi connectivity index (χ4v) is 2.60. The highest BCUT2D eigenvalue weighted by Gasteiger charge is 2.27. The molecule has 3 nitrogen and oxygen atoms in total. The smallest absolute Gasteiger partial charge is 0.269 e. The van der Waals surface area contributed by atoms with E-state index in [2.05, 4.69) is 6.07 Å². The van der Waals surface area contributed by atoms with Crippen molar-refractivity contribution in [3.8, 4) is 17.2 Å². The van der Waals surface area contributed by atoms with Gasteiger partial charge in [0.1, 0.15) is 11.6 Å². The first-order valence-corrected chi connectivity index (χ1v) is 6.85. The molecule has 1 heterocycles. The lowest BCUT2D eigenvalue weighted by molar-refractivity contribution is 0.680. The summed E-state index contributed by atoms with van der Waals surface area (Å²) in [5.41, 5.74) is 3.88. The molecule has 1 aromatic heterocycles. The molecule has 0 saturated heterocycles. The van der Waals surface area contributed by atoms with Crippen LogP contribution in [0.2, 0.25) is 0 Å². The van der Waals surface area contributed by atoms with E-state index in [4.69, 9.17) is 0 Å². The van der Waals surface area contributed by atoms with E-state index < -0.39 is 0 Å². The summed E-state index contributed by atoms with van der Waals surface area (Å²) in [7, 11) is 0. The topological polar surface area (TPSA) is 45.8 Å². The van der Waals surface area contributed by atoms with Crippen molar-refractivity contribution in [3.05, 3.63) is 57.5 Å². The van der Waals surface area contributed by atoms with Crippen LogP contribution in [0.4, 0.5) is 0 Å². The molecule has 0 bridgehead atoms. The maximum absolute atomic E-state index is 12.5. The minimum absolute atomic E-state index is 0.148. The quantitative estimate of drug-likeness (QED) is 0.835. The maximum Gasteiger partial charge on any atom is 0.269 e. The van der Waals surface area contributed by atoms with Crippen LogP contribution in [0.1, 0.15) is 35.7 Å². The van der Waals surface area contributed by atoms with Gasteiger partial charge in [0.2, 0.25) is 0 Å². The predicted molar refractivity (Wildman–Crippen MR) is 78.6 cm³/mol. The Bertz CT molecular complexity index is 759. The number of benzene rings is 1. The fourth-order valence-electron chi connectivity index (χ4n) is 2.60. The number of rotatable bonds is 2. The van der Waals surface area contributed by atoms with Crippen LogP contribution in [-0.2, 0) is 0 Å². The van der Waals surface area contributed by atoms with Gasteiger partial charge in [-0.3, -0.25) is 4.79 Å². The van der Waals surface area contributed by atoms with Crippen molar-refractivity contribution >= 4 is 0 Å². The van der Waals surface area contributed by atoms with Crippen molar-refractivity contribution in [1.82, 2.24) is 4.57 Å². The molecule has 3 heteroatoms. The molecule has 0 amide bonds. The van der Waals surface area contributed by atoms with E-state index in [0.717, 1.165) is 35.2 Å². The van der Waals surface area contributed by atoms with Crippen LogP contribution in [0.15, 0.2) is 35.1 Å². The zero-order valence-electron chi connectivity index (χ0n) is 11.7. The molecule has 1 fully saturated rings. The Hall–Kier alpha value is -2.34. The first-order valence-electron chi connectivity index (χ1n) is 6.85. The van der Waals surface area contributed by atoms with Gasteiger partial charge in [0.25, 0.3) is 5.56 Å². The highest BCUT2D eigenvalue weighted by Crippen LogP contribution is 2.35. The predicted octanol–water partition coefficient (Wildman–Crippen LogP) is 3.34. The van der Waals surface area contributed by atoms with Crippen molar-refractivity contribution in [2.24, 2.45) is 0 Å². The zero-order valence-corrected chi connectivity index (χ0v) is 11.7. The van der Waals surface area contributed by atoms with Gasteiger partial charge in [-0.15, -0.1) is 0 Å². The van der Waals surface area contributed by atoms with Crippen molar-refractivity contribution in [1.29, 1.82) is 5.26 Å². The monoisotopic (exact) mass is 264 g/mol. The van der Waals surface area contributed by atoms with Crippen molar-refractivity contribution in [3.63, 3.8) is 0 Å². The van der Waals surface area contributed by atoms with Crippen LogP contribution in [-0.4, -0.2) is 4.57 Å². The highest BCUT2D eigenvalue weighted by molar-refractivity contribution is 5.70. The van der Waals surface area contributed by atoms with Crippen LogP contribution >= 0.6 is 0 Å². The van der Waals surface area contributed by atoms with Crippen molar-refractivity contribution in [2.75, 3.05) is 0 Å². The Balaban J connectivity index is 2.24. The molecular weight excluding hydrogens is 248 g/mol. The molecule has 100 valence electrons. The molecule has 1 aromatic carbocycles. The summed E-state index contributed by atoms with van der Waals surface area (Å²) < 4.78 is 1.77. The summed E-state index contributed by atoms with van der Waals surface area (Å²) in [5, 5.41) is 9.37. The lowest BCUT2D eigenvalue weighted by Crippen LogP contribution is -2.24. The van der Waals surface area contributed by atoms with E-state index in [1.807, 2.05) is 44.2 Å². The summed E-state index contributed by atoms with van der Waals surface area (Å²) in [5.74, 6) is 0. The van der Waals surface area contributed by atoms with E-state index >= 15 is 0 Å². The number of aryl methyl sites for hydroxylation is 2. The standard InChI is InChI=1S/C17H16N2O/c1-11-3-5-13(6-4-11)15-9-12(2)19(14-7-8-14)17(20)16(15)10-18/h3-6,9,14H,7-8H2,1-2H3.